The fourth-order valence-corrected chi connectivity index (χ4v) is 3.88. The van der Waals surface area contributed by atoms with E-state index < -0.39 is 0 Å². The number of amides is 2. The maximum absolute atomic E-state index is 12.3. The number of ether oxygens (including phenoxy) is 1. The molecule has 3 rings (SSSR count). The minimum atomic E-state index is -0.373. The van der Waals surface area contributed by atoms with Crippen LogP contribution < -0.4 is 5.32 Å². The average Bonchev–Trinajstić information content (AvgIpc) is 2.77. The van der Waals surface area contributed by atoms with Gasteiger partial charge >= 0.3 is 6.09 Å². The highest BCUT2D eigenvalue weighted by atomic mass is 16.6. The lowest BCUT2D eigenvalue weighted by Crippen LogP contribution is -2.53. The van der Waals surface area contributed by atoms with Gasteiger partial charge in [0.05, 0.1) is 0 Å². The van der Waals surface area contributed by atoms with Gasteiger partial charge in [0.1, 0.15) is 6.10 Å². The van der Waals surface area contributed by atoms with Crippen LogP contribution in [0.2, 0.25) is 0 Å². The van der Waals surface area contributed by atoms with E-state index in [1.807, 2.05) is 0 Å². The van der Waals surface area contributed by atoms with Crippen molar-refractivity contribution in [3.05, 3.63) is 0 Å². The van der Waals surface area contributed by atoms with Gasteiger partial charge in [-0.1, -0.05) is 0 Å². The van der Waals surface area contributed by atoms with E-state index in [1.54, 1.807) is 7.05 Å². The van der Waals surface area contributed by atoms with E-state index >= 15 is 0 Å². The molecule has 2 heterocycles. The molecule has 5 heteroatoms. The Morgan fingerprint density at radius 1 is 1.39 bits per heavy atom. The molecule has 0 spiro atoms. The van der Waals surface area contributed by atoms with Crippen LogP contribution >= 0.6 is 0 Å². The van der Waals surface area contributed by atoms with Crippen molar-refractivity contribution < 1.29 is 14.3 Å². The number of piperidine rings is 2. The van der Waals surface area contributed by atoms with Crippen LogP contribution in [-0.4, -0.2) is 42.6 Å². The monoisotopic (exact) mass is 252 g/mol. The fraction of sp³-hybridized carbons (Fsp3) is 0.846. The number of nitrogens with zero attached hydrogens (tertiary/aromatic N) is 1. The highest BCUT2D eigenvalue weighted by Crippen LogP contribution is 2.45. The molecule has 2 saturated heterocycles. The first kappa shape index (κ1) is 11.8. The molecule has 3 fully saturated rings. The first-order chi connectivity index (χ1) is 8.70. The summed E-state index contributed by atoms with van der Waals surface area (Å²) in [5, 5.41) is 2.50. The van der Waals surface area contributed by atoms with E-state index in [1.165, 1.54) is 6.42 Å². The van der Waals surface area contributed by atoms with Crippen molar-refractivity contribution in [2.45, 2.75) is 44.2 Å². The third-order valence-corrected chi connectivity index (χ3v) is 4.69. The Hall–Kier alpha value is -1.26. The maximum Gasteiger partial charge on any atom is 0.407 e. The van der Waals surface area contributed by atoms with Gasteiger partial charge in [-0.25, -0.2) is 4.79 Å². The molecule has 3 aliphatic rings. The molecule has 1 saturated carbocycles. The zero-order valence-electron chi connectivity index (χ0n) is 10.7. The summed E-state index contributed by atoms with van der Waals surface area (Å²) in [7, 11) is 1.57. The van der Waals surface area contributed by atoms with Gasteiger partial charge in [-0.3, -0.25) is 4.79 Å². The summed E-state index contributed by atoms with van der Waals surface area (Å²) < 4.78 is 5.44. The smallest absolute Gasteiger partial charge is 0.407 e. The largest absolute Gasteiger partial charge is 0.446 e. The van der Waals surface area contributed by atoms with Crippen molar-refractivity contribution in [1.29, 1.82) is 0 Å². The number of nitrogens with one attached hydrogen (secondary N) is 1. The van der Waals surface area contributed by atoms with Crippen LogP contribution in [0.25, 0.3) is 0 Å². The Kier molecular flexibility index (Phi) is 2.92. The summed E-state index contributed by atoms with van der Waals surface area (Å²) in [5.41, 5.74) is 0. The minimum absolute atomic E-state index is 0.0769. The third-order valence-electron chi connectivity index (χ3n) is 4.69. The Balaban J connectivity index is 1.78. The van der Waals surface area contributed by atoms with Crippen molar-refractivity contribution in [2.24, 2.45) is 11.8 Å². The van der Waals surface area contributed by atoms with Gasteiger partial charge in [-0.05, 0) is 32.1 Å². The molecule has 3 unspecified atom stereocenters. The molecular weight excluding hydrogens is 232 g/mol. The molecule has 0 aromatic carbocycles. The maximum atomic E-state index is 12.3. The number of rotatable bonds is 1. The number of alkyl carbamates (subject to hydrolysis) is 1. The SMILES string of the molecule is CNC(=O)OC1CC2CC1[C@H]1CCCCN1C2=O. The fourth-order valence-electron chi connectivity index (χ4n) is 3.88. The molecule has 0 radical (unpaired) electrons. The molecule has 0 aromatic heterocycles. The van der Waals surface area contributed by atoms with E-state index in [0.29, 0.717) is 24.3 Å². The lowest BCUT2D eigenvalue weighted by Gasteiger charge is -2.43. The Labute approximate surface area is 107 Å². The predicted octanol–water partition coefficient (Wildman–Crippen LogP) is 1.13. The molecule has 2 aliphatic heterocycles. The molecule has 1 N–H and O–H groups in total. The van der Waals surface area contributed by atoms with Crippen LogP contribution in [0.1, 0.15) is 32.1 Å². The topological polar surface area (TPSA) is 58.6 Å². The molecule has 4 atom stereocenters. The molecule has 5 nitrogen and oxygen atoms in total. The molecule has 2 bridgehead atoms. The summed E-state index contributed by atoms with van der Waals surface area (Å²) in [4.78, 5) is 25.7. The predicted molar refractivity (Wildman–Crippen MR) is 64.9 cm³/mol. The van der Waals surface area contributed by atoms with Gasteiger partial charge in [-0.15, -0.1) is 0 Å². The zero-order valence-corrected chi connectivity index (χ0v) is 10.7. The van der Waals surface area contributed by atoms with Gasteiger partial charge in [-0.2, -0.15) is 0 Å². The van der Waals surface area contributed by atoms with Crippen molar-refractivity contribution in [3.8, 4) is 0 Å². The third kappa shape index (κ3) is 1.76. The zero-order chi connectivity index (χ0) is 12.7. The Bertz CT molecular complexity index is 371. The second-order valence-electron chi connectivity index (χ2n) is 5.62. The Morgan fingerprint density at radius 3 is 3.00 bits per heavy atom. The van der Waals surface area contributed by atoms with Crippen LogP contribution in [0.15, 0.2) is 0 Å². The van der Waals surface area contributed by atoms with Gasteiger partial charge in [0.15, 0.2) is 0 Å². The van der Waals surface area contributed by atoms with Crippen molar-refractivity contribution >= 4 is 12.0 Å². The normalized spacial score (nSPS) is 38.3. The van der Waals surface area contributed by atoms with Crippen LogP contribution in [0.5, 0.6) is 0 Å². The summed E-state index contributed by atoms with van der Waals surface area (Å²) in [6.45, 7) is 0.892. The van der Waals surface area contributed by atoms with Gasteiger partial charge in [0.25, 0.3) is 0 Å². The van der Waals surface area contributed by atoms with Gasteiger partial charge in [0.2, 0.25) is 5.91 Å². The van der Waals surface area contributed by atoms with E-state index in [2.05, 4.69) is 10.2 Å². The highest BCUT2D eigenvalue weighted by molar-refractivity contribution is 5.81. The highest BCUT2D eigenvalue weighted by Gasteiger charge is 2.52. The first-order valence-electron chi connectivity index (χ1n) is 6.89. The number of carbonyl (C=O) groups is 2. The van der Waals surface area contributed by atoms with Crippen LogP contribution in [0.3, 0.4) is 0 Å². The summed E-state index contributed by atoms with van der Waals surface area (Å²) >= 11 is 0. The lowest BCUT2D eigenvalue weighted by atomic mass is 9.84. The van der Waals surface area contributed by atoms with Crippen LogP contribution in [0.4, 0.5) is 4.79 Å². The Morgan fingerprint density at radius 2 is 2.22 bits per heavy atom. The quantitative estimate of drug-likeness (QED) is 0.761. The number of fused-ring (bicyclic) bond motifs is 4. The van der Waals surface area contributed by atoms with Crippen LogP contribution in [0, 0.1) is 11.8 Å². The summed E-state index contributed by atoms with van der Waals surface area (Å²) in [5.74, 6) is 0.725. The second kappa shape index (κ2) is 4.44. The standard InChI is InChI=1S/C13H20N2O3/c1-14-13(17)18-11-7-8-6-9(11)10-4-2-3-5-15(10)12(8)16/h8-11H,2-7H2,1H3,(H,14,17)/t8?,9?,10-,11?/m1/s1. The van der Waals surface area contributed by atoms with E-state index in [9.17, 15) is 9.59 Å². The molecule has 0 aromatic rings. The van der Waals surface area contributed by atoms with Gasteiger partial charge in [0, 0.05) is 31.5 Å². The first-order valence-corrected chi connectivity index (χ1v) is 6.89. The number of hydrogen-bond acceptors (Lipinski definition) is 3. The van der Waals surface area contributed by atoms with Crippen molar-refractivity contribution in [1.82, 2.24) is 10.2 Å². The van der Waals surface area contributed by atoms with Crippen molar-refractivity contribution in [3.63, 3.8) is 0 Å². The molecule has 100 valence electrons. The van der Waals surface area contributed by atoms with Crippen LogP contribution in [-0.2, 0) is 9.53 Å². The number of carbonyl (C=O) groups excluding carboxylic acids is 2. The molecular formula is C13H20N2O3. The van der Waals surface area contributed by atoms with E-state index in [4.69, 9.17) is 4.74 Å². The van der Waals surface area contributed by atoms with E-state index in [0.717, 1.165) is 25.8 Å². The lowest BCUT2D eigenvalue weighted by molar-refractivity contribution is -0.143. The van der Waals surface area contributed by atoms with E-state index in [-0.39, 0.29) is 18.1 Å². The van der Waals surface area contributed by atoms with Gasteiger partial charge < -0.3 is 15.0 Å². The average molecular weight is 252 g/mol. The minimum Gasteiger partial charge on any atom is -0.446 e. The summed E-state index contributed by atoms with van der Waals surface area (Å²) in [6.07, 6.45) is 4.53. The summed E-state index contributed by atoms with van der Waals surface area (Å²) in [6, 6.07) is 0.305. The molecule has 1 aliphatic carbocycles. The molecule has 18 heavy (non-hydrogen) atoms. The number of hydrogen-bond donors (Lipinski definition) is 1. The molecule has 2 amide bonds. The van der Waals surface area contributed by atoms with Crippen molar-refractivity contribution in [2.75, 3.05) is 13.6 Å². The second-order valence-corrected chi connectivity index (χ2v) is 5.62.